The molecule has 0 aliphatic heterocycles. The Hall–Kier alpha value is -1.23. The molecule has 1 heterocycles. The van der Waals surface area contributed by atoms with E-state index in [-0.39, 0.29) is 0 Å². The predicted octanol–water partition coefficient (Wildman–Crippen LogP) is 0.754. The normalized spacial score (nSPS) is 13.1. The summed E-state index contributed by atoms with van der Waals surface area (Å²) in [6.07, 6.45) is 2.88. The summed E-state index contributed by atoms with van der Waals surface area (Å²) < 4.78 is 1.72. The smallest absolute Gasteiger partial charge is 0.171 e. The summed E-state index contributed by atoms with van der Waals surface area (Å²) in [5.41, 5.74) is 6.49. The number of nitrogen functional groups attached to an aromatic ring is 1. The highest BCUT2D eigenvalue weighted by atomic mass is 15.3. The number of aryl methyl sites for hydroxylation is 1. The lowest BCUT2D eigenvalue weighted by atomic mass is 10.2. The van der Waals surface area contributed by atoms with Crippen LogP contribution in [0.1, 0.15) is 13.3 Å². The first-order valence-electron chi connectivity index (χ1n) is 5.19. The maximum Gasteiger partial charge on any atom is 0.171 e. The quantitative estimate of drug-likeness (QED) is 0.754. The SMILES string of the molecule is CC(CCN(C)C)Nc1nn(C)cc1N. The molecule has 5 heteroatoms. The zero-order valence-corrected chi connectivity index (χ0v) is 9.99. The highest BCUT2D eigenvalue weighted by Gasteiger charge is 2.08. The third kappa shape index (κ3) is 3.79. The van der Waals surface area contributed by atoms with Crippen LogP contribution in [-0.4, -0.2) is 41.4 Å². The Bertz CT molecular complexity index is 305. The Morgan fingerprint density at radius 3 is 2.73 bits per heavy atom. The fraction of sp³-hybridized carbons (Fsp3) is 0.700. The van der Waals surface area contributed by atoms with Gasteiger partial charge in [-0.15, -0.1) is 0 Å². The summed E-state index contributed by atoms with van der Waals surface area (Å²) in [6.45, 7) is 3.19. The fourth-order valence-corrected chi connectivity index (χ4v) is 1.38. The molecule has 5 nitrogen and oxygen atoms in total. The number of hydrogen-bond donors (Lipinski definition) is 2. The van der Waals surface area contributed by atoms with Crippen molar-refractivity contribution >= 4 is 11.5 Å². The van der Waals surface area contributed by atoms with E-state index in [4.69, 9.17) is 5.73 Å². The maximum absolute atomic E-state index is 5.79. The van der Waals surface area contributed by atoms with Gasteiger partial charge in [-0.25, -0.2) is 0 Å². The average Bonchev–Trinajstić information content (AvgIpc) is 2.42. The van der Waals surface area contributed by atoms with Gasteiger partial charge in [-0.1, -0.05) is 0 Å². The summed E-state index contributed by atoms with van der Waals surface area (Å²) in [4.78, 5) is 2.17. The van der Waals surface area contributed by atoms with Crippen molar-refractivity contribution < 1.29 is 0 Å². The Balaban J connectivity index is 2.44. The molecule has 0 saturated carbocycles. The summed E-state index contributed by atoms with van der Waals surface area (Å²) in [6, 6.07) is 0.379. The highest BCUT2D eigenvalue weighted by molar-refractivity contribution is 5.60. The molecule has 0 bridgehead atoms. The maximum atomic E-state index is 5.79. The molecule has 0 fully saturated rings. The minimum atomic E-state index is 0.379. The second kappa shape index (κ2) is 5.02. The van der Waals surface area contributed by atoms with Gasteiger partial charge in [-0.3, -0.25) is 4.68 Å². The Labute approximate surface area is 91.2 Å². The number of nitrogens with zero attached hydrogens (tertiary/aromatic N) is 3. The van der Waals surface area contributed by atoms with Gasteiger partial charge in [0.25, 0.3) is 0 Å². The van der Waals surface area contributed by atoms with Crippen molar-refractivity contribution in [2.75, 3.05) is 31.7 Å². The summed E-state index contributed by atoms with van der Waals surface area (Å²) in [5.74, 6) is 0.781. The van der Waals surface area contributed by atoms with Crippen molar-refractivity contribution in [2.24, 2.45) is 7.05 Å². The first-order chi connectivity index (χ1) is 6.99. The minimum absolute atomic E-state index is 0.379. The molecule has 0 amide bonds. The van der Waals surface area contributed by atoms with Crippen LogP contribution in [0.25, 0.3) is 0 Å². The van der Waals surface area contributed by atoms with Gasteiger partial charge in [0.05, 0.1) is 5.69 Å². The number of nitrogens with one attached hydrogen (secondary N) is 1. The van der Waals surface area contributed by atoms with Crippen molar-refractivity contribution in [3.63, 3.8) is 0 Å². The number of aromatic nitrogens is 2. The van der Waals surface area contributed by atoms with E-state index >= 15 is 0 Å². The molecule has 0 spiro atoms. The molecule has 1 aromatic heterocycles. The Kier molecular flexibility index (Phi) is 3.96. The van der Waals surface area contributed by atoms with Crippen molar-refractivity contribution in [3.8, 4) is 0 Å². The van der Waals surface area contributed by atoms with Crippen LogP contribution in [0.2, 0.25) is 0 Å². The van der Waals surface area contributed by atoms with Crippen molar-refractivity contribution in [1.82, 2.24) is 14.7 Å². The summed E-state index contributed by atoms with van der Waals surface area (Å²) in [5, 5.41) is 7.55. The van der Waals surface area contributed by atoms with E-state index < -0.39 is 0 Å². The fourth-order valence-electron chi connectivity index (χ4n) is 1.38. The van der Waals surface area contributed by atoms with E-state index in [9.17, 15) is 0 Å². The van der Waals surface area contributed by atoms with Gasteiger partial charge in [-0.2, -0.15) is 5.10 Å². The van der Waals surface area contributed by atoms with E-state index in [1.807, 2.05) is 7.05 Å². The minimum Gasteiger partial charge on any atom is -0.394 e. The van der Waals surface area contributed by atoms with Crippen LogP contribution in [0.5, 0.6) is 0 Å². The number of nitrogens with two attached hydrogens (primary N) is 1. The molecule has 1 atom stereocenters. The topological polar surface area (TPSA) is 59.1 Å². The second-order valence-corrected chi connectivity index (χ2v) is 4.24. The first kappa shape index (κ1) is 11.8. The van der Waals surface area contributed by atoms with Crippen molar-refractivity contribution in [2.45, 2.75) is 19.4 Å². The number of anilines is 2. The monoisotopic (exact) mass is 211 g/mol. The third-order valence-electron chi connectivity index (χ3n) is 2.25. The van der Waals surface area contributed by atoms with Crippen LogP contribution in [-0.2, 0) is 7.05 Å². The van der Waals surface area contributed by atoms with Crippen LogP contribution in [0.4, 0.5) is 11.5 Å². The molecule has 0 aliphatic rings. The zero-order valence-electron chi connectivity index (χ0n) is 9.99. The molecule has 3 N–H and O–H groups in total. The molecule has 0 radical (unpaired) electrons. The van der Waals surface area contributed by atoms with E-state index in [0.717, 1.165) is 18.8 Å². The van der Waals surface area contributed by atoms with Gasteiger partial charge >= 0.3 is 0 Å². The van der Waals surface area contributed by atoms with E-state index in [1.165, 1.54) is 0 Å². The molecular weight excluding hydrogens is 190 g/mol. The zero-order chi connectivity index (χ0) is 11.4. The molecule has 0 saturated heterocycles. The van der Waals surface area contributed by atoms with Crippen LogP contribution >= 0.6 is 0 Å². The van der Waals surface area contributed by atoms with E-state index in [0.29, 0.717) is 11.7 Å². The van der Waals surface area contributed by atoms with Gasteiger partial charge in [0.1, 0.15) is 0 Å². The number of hydrogen-bond acceptors (Lipinski definition) is 4. The van der Waals surface area contributed by atoms with E-state index in [1.54, 1.807) is 10.9 Å². The summed E-state index contributed by atoms with van der Waals surface area (Å²) in [7, 11) is 6.01. The predicted molar refractivity (Wildman–Crippen MR) is 63.9 cm³/mol. The van der Waals surface area contributed by atoms with Crippen LogP contribution < -0.4 is 11.1 Å². The molecule has 1 aromatic rings. The number of rotatable bonds is 5. The van der Waals surface area contributed by atoms with Crippen LogP contribution in [0.15, 0.2) is 6.20 Å². The van der Waals surface area contributed by atoms with Gasteiger partial charge in [0.15, 0.2) is 5.82 Å². The van der Waals surface area contributed by atoms with Crippen LogP contribution in [0.3, 0.4) is 0 Å². The second-order valence-electron chi connectivity index (χ2n) is 4.24. The standard InChI is InChI=1S/C10H21N5/c1-8(5-6-14(2)3)12-10-9(11)7-15(4)13-10/h7-8H,5-6,11H2,1-4H3,(H,12,13). The molecule has 15 heavy (non-hydrogen) atoms. The molecule has 1 unspecified atom stereocenters. The van der Waals surface area contributed by atoms with Gasteiger partial charge in [0, 0.05) is 19.3 Å². The molecule has 0 aliphatic carbocycles. The van der Waals surface area contributed by atoms with Gasteiger partial charge < -0.3 is 16.0 Å². The molecule has 0 aromatic carbocycles. The largest absolute Gasteiger partial charge is 0.394 e. The van der Waals surface area contributed by atoms with Gasteiger partial charge in [-0.05, 0) is 34.0 Å². The summed E-state index contributed by atoms with van der Waals surface area (Å²) >= 11 is 0. The van der Waals surface area contributed by atoms with Crippen molar-refractivity contribution in [3.05, 3.63) is 6.20 Å². The molecule has 1 rings (SSSR count). The third-order valence-corrected chi connectivity index (χ3v) is 2.25. The lowest BCUT2D eigenvalue weighted by Gasteiger charge is -2.16. The highest BCUT2D eigenvalue weighted by Crippen LogP contribution is 2.15. The molecular formula is C10H21N5. The Morgan fingerprint density at radius 1 is 1.60 bits per heavy atom. The first-order valence-corrected chi connectivity index (χ1v) is 5.19. The van der Waals surface area contributed by atoms with Crippen LogP contribution in [0, 0.1) is 0 Å². The Morgan fingerprint density at radius 2 is 2.27 bits per heavy atom. The van der Waals surface area contributed by atoms with E-state index in [2.05, 4.69) is 36.3 Å². The lowest BCUT2D eigenvalue weighted by Crippen LogP contribution is -2.23. The average molecular weight is 211 g/mol. The molecule has 86 valence electrons. The van der Waals surface area contributed by atoms with Gasteiger partial charge in [0.2, 0.25) is 0 Å². The lowest BCUT2D eigenvalue weighted by molar-refractivity contribution is 0.390. The van der Waals surface area contributed by atoms with Crippen molar-refractivity contribution in [1.29, 1.82) is 0 Å².